The van der Waals surface area contributed by atoms with Crippen molar-refractivity contribution in [1.82, 2.24) is 28.5 Å². The Hall–Kier alpha value is -5.11. The van der Waals surface area contributed by atoms with Gasteiger partial charge in [0, 0.05) is 11.7 Å². The van der Waals surface area contributed by atoms with Gasteiger partial charge in [-0.15, -0.1) is 4.68 Å². The highest BCUT2D eigenvalue weighted by Crippen LogP contribution is 2.32. The maximum absolute atomic E-state index is 14.1. The first-order chi connectivity index (χ1) is 21.5. The summed E-state index contributed by atoms with van der Waals surface area (Å²) in [6.45, 7) is 0.0290. The molecule has 0 bridgehead atoms. The second kappa shape index (κ2) is 12.6. The third kappa shape index (κ3) is 5.63. The molecule has 1 saturated carbocycles. The molecule has 0 atom stereocenters. The zero-order chi connectivity index (χ0) is 30.6. The number of aromatic nitrogens is 6. The van der Waals surface area contributed by atoms with E-state index >= 15 is 0 Å². The molecule has 5 aromatic rings. The van der Waals surface area contributed by atoms with Crippen molar-refractivity contribution in [1.29, 1.82) is 0 Å². The molecule has 2 aromatic heterocycles. The van der Waals surface area contributed by atoms with E-state index in [-0.39, 0.29) is 24.0 Å². The Morgan fingerprint density at radius 2 is 1.75 bits per heavy atom. The van der Waals surface area contributed by atoms with Gasteiger partial charge < -0.3 is 14.2 Å². The largest absolute Gasteiger partial charge is 0.497 e. The van der Waals surface area contributed by atoms with Crippen LogP contribution in [0.5, 0.6) is 11.5 Å². The van der Waals surface area contributed by atoms with Crippen LogP contribution in [0.15, 0.2) is 65.5 Å². The van der Waals surface area contributed by atoms with Gasteiger partial charge in [-0.2, -0.15) is 13.4 Å². The van der Waals surface area contributed by atoms with E-state index in [0.29, 0.717) is 28.2 Å². The third-order valence-corrected chi connectivity index (χ3v) is 8.15. The van der Waals surface area contributed by atoms with Crippen LogP contribution in [0.1, 0.15) is 48.0 Å². The van der Waals surface area contributed by atoms with Crippen LogP contribution in [-0.2, 0) is 11.3 Å². The van der Waals surface area contributed by atoms with Gasteiger partial charge in [-0.05, 0) is 71.3 Å². The summed E-state index contributed by atoms with van der Waals surface area (Å²) >= 11 is 1.01. The Kier molecular flexibility index (Phi) is 8.32. The molecule has 0 spiro atoms. The van der Waals surface area contributed by atoms with E-state index in [0.717, 1.165) is 58.8 Å². The number of amides is 1. The van der Waals surface area contributed by atoms with Gasteiger partial charge in [0.1, 0.15) is 40.4 Å². The molecule has 0 N–H and O–H groups in total. The van der Waals surface area contributed by atoms with E-state index in [1.807, 2.05) is 0 Å². The maximum Gasteiger partial charge on any atom is 0.377 e. The Balaban J connectivity index is 1.33. The second-order valence-electron chi connectivity index (χ2n) is 10.2. The molecule has 44 heavy (non-hydrogen) atoms. The lowest BCUT2D eigenvalue weighted by Crippen LogP contribution is -2.47. The predicted molar refractivity (Wildman–Crippen MR) is 162 cm³/mol. The van der Waals surface area contributed by atoms with Crippen molar-refractivity contribution < 1.29 is 23.8 Å². The molecule has 1 aliphatic rings. The summed E-state index contributed by atoms with van der Waals surface area (Å²) < 4.78 is 26.5. The fraction of sp³-hybridized carbons (Fsp3) is 0.300. The van der Waals surface area contributed by atoms with Crippen LogP contribution in [0.2, 0.25) is 0 Å². The van der Waals surface area contributed by atoms with Crippen LogP contribution >= 0.6 is 11.7 Å². The van der Waals surface area contributed by atoms with E-state index in [1.165, 1.54) is 12.0 Å². The maximum atomic E-state index is 14.1. The van der Waals surface area contributed by atoms with Crippen molar-refractivity contribution in [3.63, 3.8) is 0 Å². The van der Waals surface area contributed by atoms with Gasteiger partial charge in [0.2, 0.25) is 0 Å². The Labute approximate surface area is 255 Å². The number of benzene rings is 3. The number of carbonyl (C=O) groups excluding carboxylic acids is 2. The number of fused-ring (bicyclic) bond motifs is 1. The molecule has 13 nitrogen and oxygen atoms in total. The Bertz CT molecular complexity index is 1860. The summed E-state index contributed by atoms with van der Waals surface area (Å²) in [5.41, 5.74) is 2.04. The van der Waals surface area contributed by atoms with Crippen LogP contribution in [0.4, 0.5) is 10.5 Å². The van der Waals surface area contributed by atoms with Gasteiger partial charge in [-0.1, -0.05) is 37.5 Å². The number of ether oxygens (including phenoxy) is 3. The first kappa shape index (κ1) is 29.0. The van der Waals surface area contributed by atoms with Crippen LogP contribution < -0.4 is 20.1 Å². The van der Waals surface area contributed by atoms with E-state index in [2.05, 4.69) is 19.2 Å². The topological polar surface area (TPSA) is 144 Å². The first-order valence-corrected chi connectivity index (χ1v) is 14.8. The zero-order valence-corrected chi connectivity index (χ0v) is 24.9. The lowest BCUT2D eigenvalue weighted by molar-refractivity contribution is 0.0469. The third-order valence-electron chi connectivity index (χ3n) is 7.61. The summed E-state index contributed by atoms with van der Waals surface area (Å²) in [6.07, 6.45) is 4.33. The van der Waals surface area contributed by atoms with E-state index in [4.69, 9.17) is 14.2 Å². The molecule has 1 amide bonds. The summed E-state index contributed by atoms with van der Waals surface area (Å²) in [7, 11) is 3.03. The van der Waals surface area contributed by atoms with Gasteiger partial charge >= 0.3 is 17.7 Å². The minimum Gasteiger partial charge on any atom is -0.497 e. The lowest BCUT2D eigenvalue weighted by Gasteiger charge is -2.34. The molecule has 1 aliphatic carbocycles. The van der Waals surface area contributed by atoms with Crippen molar-refractivity contribution in [2.45, 2.75) is 44.8 Å². The number of methoxy groups -OCH3 is 2. The number of nitrogens with zero attached hydrogens (tertiary/aromatic N) is 7. The Morgan fingerprint density at radius 1 is 0.955 bits per heavy atom. The second-order valence-corrected chi connectivity index (χ2v) is 10.8. The standard InChI is InChI=1S/C30H29N7O6S/c1-41-22-14-11-19(12-15-22)18-43-28(38)23-17-21(13-16-26(23)42-2)35(20-7-4-3-5-8-20)29(39)37-30(40)36(33-34-37)25-10-6-9-24-27(25)32-44-31-24/h6,9-17,20H,3-5,7-8,18H2,1-2H3. The summed E-state index contributed by atoms with van der Waals surface area (Å²) in [5, 5.41) is 7.95. The minimum atomic E-state index is -0.746. The lowest BCUT2D eigenvalue weighted by atomic mass is 9.94. The predicted octanol–water partition coefficient (Wildman–Crippen LogP) is 4.62. The molecule has 14 heteroatoms. The molecular weight excluding hydrogens is 586 g/mol. The van der Waals surface area contributed by atoms with Crippen molar-refractivity contribution in [2.24, 2.45) is 0 Å². The van der Waals surface area contributed by atoms with Gasteiger partial charge in [-0.25, -0.2) is 14.4 Å². The van der Waals surface area contributed by atoms with Gasteiger partial charge in [0.05, 0.1) is 25.9 Å². The van der Waals surface area contributed by atoms with Crippen LogP contribution in [0.3, 0.4) is 0 Å². The average molecular weight is 616 g/mol. The van der Waals surface area contributed by atoms with Crippen LogP contribution in [0.25, 0.3) is 16.7 Å². The highest BCUT2D eigenvalue weighted by Gasteiger charge is 2.32. The SMILES string of the molecule is COc1ccc(COC(=O)c2cc(N(C(=O)n3nnn(-c4cccc5nsnc45)c3=O)C3CCCCC3)ccc2OC)cc1. The summed E-state index contributed by atoms with van der Waals surface area (Å²) in [6, 6.07) is 16.3. The molecule has 6 rings (SSSR count). The molecule has 0 unspecified atom stereocenters. The molecule has 0 aliphatic heterocycles. The number of esters is 1. The summed E-state index contributed by atoms with van der Waals surface area (Å²) in [4.78, 5) is 42.5. The number of hydrogen-bond acceptors (Lipinski definition) is 11. The molecule has 2 heterocycles. The minimum absolute atomic E-state index is 0.0290. The van der Waals surface area contributed by atoms with Crippen LogP contribution in [0, 0.1) is 0 Å². The highest BCUT2D eigenvalue weighted by atomic mass is 32.1. The zero-order valence-electron chi connectivity index (χ0n) is 24.1. The number of carbonyl (C=O) groups is 2. The monoisotopic (exact) mass is 615 g/mol. The molecule has 3 aromatic carbocycles. The van der Waals surface area contributed by atoms with Crippen LogP contribution in [-0.4, -0.2) is 60.8 Å². The van der Waals surface area contributed by atoms with E-state index < -0.39 is 17.7 Å². The van der Waals surface area contributed by atoms with E-state index in [9.17, 15) is 14.4 Å². The highest BCUT2D eigenvalue weighted by molar-refractivity contribution is 7.00. The van der Waals surface area contributed by atoms with Gasteiger partial charge in [0.25, 0.3) is 0 Å². The van der Waals surface area contributed by atoms with Crippen molar-refractivity contribution >= 4 is 40.4 Å². The number of hydrogen-bond donors (Lipinski definition) is 0. The number of tetrazole rings is 1. The normalized spacial score (nSPS) is 13.5. The molecular formula is C30H29N7O6S. The number of anilines is 1. The summed E-state index contributed by atoms with van der Waals surface area (Å²) in [5.74, 6) is 0.361. The molecule has 0 saturated heterocycles. The van der Waals surface area contributed by atoms with Crippen molar-refractivity contribution in [3.05, 3.63) is 82.3 Å². The smallest absolute Gasteiger partial charge is 0.377 e. The molecule has 1 fully saturated rings. The average Bonchev–Trinajstić information content (AvgIpc) is 3.71. The van der Waals surface area contributed by atoms with Gasteiger partial charge in [0.15, 0.2) is 0 Å². The van der Waals surface area contributed by atoms with Gasteiger partial charge in [-0.3, -0.25) is 4.90 Å². The first-order valence-electron chi connectivity index (χ1n) is 14.1. The van der Waals surface area contributed by atoms with E-state index in [1.54, 1.807) is 67.8 Å². The quantitative estimate of drug-likeness (QED) is 0.179. The fourth-order valence-electron chi connectivity index (χ4n) is 5.35. The molecule has 226 valence electrons. The fourth-order valence-corrected chi connectivity index (χ4v) is 5.90. The van der Waals surface area contributed by atoms with Crippen molar-refractivity contribution in [3.8, 4) is 17.2 Å². The van der Waals surface area contributed by atoms with Crippen molar-refractivity contribution in [2.75, 3.05) is 19.1 Å². The number of rotatable bonds is 8. The Morgan fingerprint density at radius 3 is 2.50 bits per heavy atom. The molecule has 0 radical (unpaired) electrons.